The zero-order chi connectivity index (χ0) is 12.0. The highest BCUT2D eigenvalue weighted by Gasteiger charge is 2.40. The molecule has 0 radical (unpaired) electrons. The van der Waals surface area contributed by atoms with Crippen molar-refractivity contribution in [3.8, 4) is 0 Å². The Bertz CT molecular complexity index is 430. The van der Waals surface area contributed by atoms with Crippen LogP contribution in [0.15, 0.2) is 18.2 Å². The Morgan fingerprint density at radius 2 is 1.53 bits per heavy atom. The number of hydrogen-bond acceptors (Lipinski definition) is 2. The molecule has 0 N–H and O–H groups in total. The van der Waals surface area contributed by atoms with Gasteiger partial charge in [0.1, 0.15) is 5.78 Å². The van der Waals surface area contributed by atoms with Gasteiger partial charge >= 0.3 is 0 Å². The molecular weight excluding hydrogens is 210 g/mol. The summed E-state index contributed by atoms with van der Waals surface area (Å²) < 4.78 is 0. The fraction of sp³-hybridized carbons (Fsp3) is 0.533. The molecule has 1 aromatic carbocycles. The largest absolute Gasteiger partial charge is 0.365 e. The monoisotopic (exact) mass is 229 g/mol. The van der Waals surface area contributed by atoms with Gasteiger partial charge < -0.3 is 4.90 Å². The van der Waals surface area contributed by atoms with Crippen LogP contribution in [-0.4, -0.2) is 17.9 Å². The molecule has 17 heavy (non-hydrogen) atoms. The molecule has 90 valence electrons. The fourth-order valence-corrected chi connectivity index (χ4v) is 3.49. The number of piperidine rings is 1. The van der Waals surface area contributed by atoms with Gasteiger partial charge in [0.25, 0.3) is 0 Å². The summed E-state index contributed by atoms with van der Waals surface area (Å²) in [5.41, 5.74) is 3.95. The minimum absolute atomic E-state index is 0.457. The Kier molecular flexibility index (Phi) is 2.46. The van der Waals surface area contributed by atoms with E-state index in [2.05, 4.69) is 36.9 Å². The second-order valence-electron chi connectivity index (χ2n) is 5.59. The zero-order valence-electron chi connectivity index (χ0n) is 10.6. The van der Waals surface area contributed by atoms with Crippen molar-refractivity contribution < 1.29 is 4.79 Å². The van der Waals surface area contributed by atoms with Crippen LogP contribution in [0.1, 0.15) is 36.8 Å². The number of ketones is 1. The Hall–Kier alpha value is -1.31. The summed E-state index contributed by atoms with van der Waals surface area (Å²) in [5, 5.41) is 0. The SMILES string of the molecule is Cc1cc(C)cc(N2C3CCC2CC(=O)C3)c1. The number of anilines is 1. The molecule has 0 saturated carbocycles. The van der Waals surface area contributed by atoms with E-state index in [1.165, 1.54) is 29.7 Å². The van der Waals surface area contributed by atoms with Crippen LogP contribution in [0.3, 0.4) is 0 Å². The van der Waals surface area contributed by atoms with Gasteiger partial charge in [0.15, 0.2) is 0 Å². The van der Waals surface area contributed by atoms with Gasteiger partial charge in [-0.3, -0.25) is 4.79 Å². The molecule has 2 nitrogen and oxygen atoms in total. The zero-order valence-corrected chi connectivity index (χ0v) is 10.6. The third-order valence-electron chi connectivity index (χ3n) is 4.05. The van der Waals surface area contributed by atoms with Gasteiger partial charge in [0, 0.05) is 30.6 Å². The van der Waals surface area contributed by atoms with Crippen molar-refractivity contribution in [3.05, 3.63) is 29.3 Å². The second-order valence-corrected chi connectivity index (χ2v) is 5.59. The van der Waals surface area contributed by atoms with Crippen LogP contribution in [0.2, 0.25) is 0 Å². The lowest BCUT2D eigenvalue weighted by Crippen LogP contribution is -2.43. The van der Waals surface area contributed by atoms with E-state index in [1.807, 2.05) is 0 Å². The maximum Gasteiger partial charge on any atom is 0.137 e. The van der Waals surface area contributed by atoms with Crippen LogP contribution in [0.4, 0.5) is 5.69 Å². The molecule has 0 spiro atoms. The van der Waals surface area contributed by atoms with Crippen LogP contribution in [-0.2, 0) is 4.79 Å². The van der Waals surface area contributed by atoms with Crippen LogP contribution < -0.4 is 4.90 Å². The molecule has 2 unspecified atom stereocenters. The summed E-state index contributed by atoms with van der Waals surface area (Å²) >= 11 is 0. The number of rotatable bonds is 1. The minimum atomic E-state index is 0.457. The summed E-state index contributed by atoms with van der Waals surface area (Å²) in [5.74, 6) is 0.457. The molecule has 2 heterocycles. The first-order valence-electron chi connectivity index (χ1n) is 6.52. The predicted octanol–water partition coefficient (Wildman–Crippen LogP) is 3.00. The molecule has 0 aliphatic carbocycles. The van der Waals surface area contributed by atoms with E-state index >= 15 is 0 Å². The Morgan fingerprint density at radius 3 is 2.06 bits per heavy atom. The summed E-state index contributed by atoms with van der Waals surface area (Å²) in [6, 6.07) is 7.65. The summed E-state index contributed by atoms with van der Waals surface area (Å²) in [7, 11) is 0. The Morgan fingerprint density at radius 1 is 1.00 bits per heavy atom. The lowest BCUT2D eigenvalue weighted by Gasteiger charge is -2.36. The van der Waals surface area contributed by atoms with Crippen molar-refractivity contribution in [2.24, 2.45) is 0 Å². The molecular formula is C15H19NO. The van der Waals surface area contributed by atoms with Gasteiger partial charge in [-0.1, -0.05) is 6.07 Å². The lowest BCUT2D eigenvalue weighted by atomic mass is 9.99. The maximum absolute atomic E-state index is 11.6. The van der Waals surface area contributed by atoms with E-state index in [0.29, 0.717) is 17.9 Å². The quantitative estimate of drug-likeness (QED) is 0.738. The predicted molar refractivity (Wildman–Crippen MR) is 69.4 cm³/mol. The summed E-state index contributed by atoms with van der Waals surface area (Å²) in [6.07, 6.45) is 3.87. The smallest absolute Gasteiger partial charge is 0.137 e. The highest BCUT2D eigenvalue weighted by molar-refractivity contribution is 5.83. The molecule has 2 aliphatic rings. The van der Waals surface area contributed by atoms with Crippen LogP contribution in [0.5, 0.6) is 0 Å². The molecule has 2 fully saturated rings. The molecule has 2 heteroatoms. The van der Waals surface area contributed by atoms with E-state index in [1.54, 1.807) is 0 Å². The number of benzene rings is 1. The van der Waals surface area contributed by atoms with Gasteiger partial charge in [-0.05, 0) is 49.9 Å². The summed E-state index contributed by atoms with van der Waals surface area (Å²) in [6.45, 7) is 4.29. The number of carbonyl (C=O) groups is 1. The maximum atomic E-state index is 11.6. The first kappa shape index (κ1) is 10.8. The van der Waals surface area contributed by atoms with Gasteiger partial charge in [-0.15, -0.1) is 0 Å². The average molecular weight is 229 g/mol. The molecule has 3 rings (SSSR count). The topological polar surface area (TPSA) is 20.3 Å². The molecule has 0 amide bonds. The van der Waals surface area contributed by atoms with Crippen LogP contribution in [0, 0.1) is 13.8 Å². The average Bonchev–Trinajstić information content (AvgIpc) is 2.50. The third-order valence-corrected chi connectivity index (χ3v) is 4.05. The number of fused-ring (bicyclic) bond motifs is 2. The number of Topliss-reactive ketones (excluding diaryl/α,β-unsaturated/α-hetero) is 1. The second kappa shape index (κ2) is 3.86. The number of aryl methyl sites for hydroxylation is 2. The van der Waals surface area contributed by atoms with Crippen molar-refractivity contribution in [1.29, 1.82) is 0 Å². The van der Waals surface area contributed by atoms with Gasteiger partial charge in [-0.2, -0.15) is 0 Å². The Balaban J connectivity index is 1.97. The van der Waals surface area contributed by atoms with E-state index in [4.69, 9.17) is 0 Å². The fourth-order valence-electron chi connectivity index (χ4n) is 3.49. The van der Waals surface area contributed by atoms with Gasteiger partial charge in [0.2, 0.25) is 0 Å². The normalized spacial score (nSPS) is 27.6. The van der Waals surface area contributed by atoms with E-state index in [9.17, 15) is 4.79 Å². The van der Waals surface area contributed by atoms with Crippen molar-refractivity contribution in [2.45, 2.75) is 51.6 Å². The lowest BCUT2D eigenvalue weighted by molar-refractivity contribution is -0.120. The van der Waals surface area contributed by atoms with Crippen molar-refractivity contribution in [2.75, 3.05) is 4.90 Å². The van der Waals surface area contributed by atoms with Crippen LogP contribution in [0.25, 0.3) is 0 Å². The van der Waals surface area contributed by atoms with Crippen molar-refractivity contribution in [1.82, 2.24) is 0 Å². The minimum Gasteiger partial charge on any atom is -0.365 e. The number of nitrogens with zero attached hydrogens (tertiary/aromatic N) is 1. The van der Waals surface area contributed by atoms with Crippen molar-refractivity contribution in [3.63, 3.8) is 0 Å². The standard InChI is InChI=1S/C15H19NO/c1-10-5-11(2)7-14(6-10)16-12-3-4-13(16)9-15(17)8-12/h5-7,12-13H,3-4,8-9H2,1-2H3. The molecule has 2 atom stereocenters. The highest BCUT2D eigenvalue weighted by atomic mass is 16.1. The molecule has 2 aliphatic heterocycles. The molecule has 2 saturated heterocycles. The first-order chi connectivity index (χ1) is 8.13. The number of carbonyl (C=O) groups excluding carboxylic acids is 1. The summed E-state index contributed by atoms with van der Waals surface area (Å²) in [4.78, 5) is 14.1. The molecule has 0 aromatic heterocycles. The Labute approximate surface area is 103 Å². The van der Waals surface area contributed by atoms with Crippen molar-refractivity contribution >= 4 is 11.5 Å². The third kappa shape index (κ3) is 1.86. The van der Waals surface area contributed by atoms with E-state index < -0.39 is 0 Å². The van der Waals surface area contributed by atoms with Gasteiger partial charge in [-0.25, -0.2) is 0 Å². The van der Waals surface area contributed by atoms with Gasteiger partial charge in [0.05, 0.1) is 0 Å². The highest BCUT2D eigenvalue weighted by Crippen LogP contribution is 2.38. The number of hydrogen-bond donors (Lipinski definition) is 0. The van der Waals surface area contributed by atoms with E-state index in [-0.39, 0.29) is 0 Å². The molecule has 1 aromatic rings. The first-order valence-corrected chi connectivity index (χ1v) is 6.52. The molecule has 2 bridgehead atoms. The van der Waals surface area contributed by atoms with Crippen LogP contribution >= 0.6 is 0 Å². The van der Waals surface area contributed by atoms with E-state index in [0.717, 1.165) is 12.8 Å².